The standard InChI is InChI=1S/C12H13BrF4N2O4S/c1-11(2,18)5-7-8(13)3-6(4-9(7)14)24(21,22)19-23-10(20)12(15,16)17/h3-4,19H,5,18H2,1-2H3. The molecule has 0 aliphatic carbocycles. The second-order valence-electron chi connectivity index (χ2n) is 5.50. The molecule has 1 rings (SSSR count). The predicted molar refractivity (Wildman–Crippen MR) is 78.5 cm³/mol. The summed E-state index contributed by atoms with van der Waals surface area (Å²) in [4.78, 5) is 14.2. The molecule has 0 saturated carbocycles. The summed E-state index contributed by atoms with van der Waals surface area (Å²) in [6, 6.07) is 1.53. The van der Waals surface area contributed by atoms with E-state index in [9.17, 15) is 30.8 Å². The summed E-state index contributed by atoms with van der Waals surface area (Å²) in [5.41, 5.74) is 5.07. The van der Waals surface area contributed by atoms with Gasteiger partial charge in [0.2, 0.25) is 0 Å². The first-order chi connectivity index (χ1) is 10.6. The topological polar surface area (TPSA) is 98.5 Å². The molecule has 1 aromatic carbocycles. The average molecular weight is 437 g/mol. The molecule has 0 fully saturated rings. The zero-order valence-corrected chi connectivity index (χ0v) is 14.8. The number of carbonyl (C=O) groups is 1. The molecule has 0 aliphatic rings. The van der Waals surface area contributed by atoms with Gasteiger partial charge in [0.15, 0.2) is 0 Å². The number of halogens is 5. The molecule has 12 heteroatoms. The van der Waals surface area contributed by atoms with Gasteiger partial charge < -0.3 is 10.6 Å². The molecule has 0 radical (unpaired) electrons. The van der Waals surface area contributed by atoms with Gasteiger partial charge in [0, 0.05) is 15.6 Å². The lowest BCUT2D eigenvalue weighted by Crippen LogP contribution is -2.35. The van der Waals surface area contributed by atoms with Gasteiger partial charge in [-0.2, -0.15) is 13.2 Å². The molecule has 0 atom stereocenters. The maximum Gasteiger partial charge on any atom is 0.492 e. The highest BCUT2D eigenvalue weighted by Crippen LogP contribution is 2.27. The van der Waals surface area contributed by atoms with E-state index in [1.54, 1.807) is 13.8 Å². The molecule has 0 heterocycles. The van der Waals surface area contributed by atoms with Crippen molar-refractivity contribution in [3.05, 3.63) is 28.0 Å². The number of hydrogen-bond donors (Lipinski definition) is 2. The molecule has 0 unspecified atom stereocenters. The van der Waals surface area contributed by atoms with Gasteiger partial charge in [-0.05, 0) is 37.3 Å². The first-order valence-electron chi connectivity index (χ1n) is 6.20. The smallest absolute Gasteiger partial charge is 0.348 e. The lowest BCUT2D eigenvalue weighted by atomic mass is 9.96. The number of nitrogens with two attached hydrogens (primary N) is 1. The minimum absolute atomic E-state index is 0.0450. The molecule has 24 heavy (non-hydrogen) atoms. The fraction of sp³-hybridized carbons (Fsp3) is 0.417. The Morgan fingerprint density at radius 1 is 1.33 bits per heavy atom. The Morgan fingerprint density at radius 2 is 1.88 bits per heavy atom. The van der Waals surface area contributed by atoms with E-state index >= 15 is 0 Å². The van der Waals surface area contributed by atoms with E-state index in [0.29, 0.717) is 6.07 Å². The molecule has 1 aromatic rings. The largest absolute Gasteiger partial charge is 0.492 e. The quantitative estimate of drug-likeness (QED) is 0.544. The van der Waals surface area contributed by atoms with E-state index in [1.165, 1.54) is 0 Å². The van der Waals surface area contributed by atoms with E-state index in [2.05, 4.69) is 20.8 Å². The molecular formula is C12H13BrF4N2O4S. The van der Waals surface area contributed by atoms with Crippen LogP contribution in [0.1, 0.15) is 19.4 Å². The third-order valence-electron chi connectivity index (χ3n) is 2.53. The van der Waals surface area contributed by atoms with Gasteiger partial charge in [-0.25, -0.2) is 17.6 Å². The van der Waals surface area contributed by atoms with Crippen molar-refractivity contribution in [2.24, 2.45) is 5.73 Å². The van der Waals surface area contributed by atoms with Gasteiger partial charge in [-0.15, -0.1) is 0 Å². The maximum atomic E-state index is 14.1. The third kappa shape index (κ3) is 5.69. The van der Waals surface area contributed by atoms with Gasteiger partial charge in [0.05, 0.1) is 4.90 Å². The maximum absolute atomic E-state index is 14.1. The fourth-order valence-electron chi connectivity index (χ4n) is 1.56. The number of benzene rings is 1. The van der Waals surface area contributed by atoms with Gasteiger partial charge in [-0.1, -0.05) is 15.9 Å². The average Bonchev–Trinajstić information content (AvgIpc) is 2.37. The predicted octanol–water partition coefficient (Wildman–Crippen LogP) is 2.17. The summed E-state index contributed by atoms with van der Waals surface area (Å²) in [7, 11) is -4.72. The van der Waals surface area contributed by atoms with Gasteiger partial charge in [-0.3, -0.25) is 0 Å². The number of alkyl halides is 3. The Morgan fingerprint density at radius 3 is 2.29 bits per heavy atom. The van der Waals surface area contributed by atoms with Crippen LogP contribution in [-0.4, -0.2) is 26.1 Å². The summed E-state index contributed by atoms with van der Waals surface area (Å²) >= 11 is 2.98. The van der Waals surface area contributed by atoms with Crippen LogP contribution in [-0.2, 0) is 26.1 Å². The number of hydrogen-bond acceptors (Lipinski definition) is 5. The molecule has 136 valence electrons. The lowest BCUT2D eigenvalue weighted by molar-refractivity contribution is -0.203. The second kappa shape index (κ2) is 6.94. The van der Waals surface area contributed by atoms with Crippen LogP contribution in [0.15, 0.2) is 21.5 Å². The van der Waals surface area contributed by atoms with Crippen LogP contribution < -0.4 is 10.6 Å². The third-order valence-corrected chi connectivity index (χ3v) is 4.40. The van der Waals surface area contributed by atoms with Crippen molar-refractivity contribution in [3.8, 4) is 0 Å². The molecular weight excluding hydrogens is 424 g/mol. The monoisotopic (exact) mass is 436 g/mol. The van der Waals surface area contributed by atoms with Crippen molar-refractivity contribution < 1.29 is 35.6 Å². The molecule has 0 aliphatic heterocycles. The molecule has 0 aromatic heterocycles. The highest BCUT2D eigenvalue weighted by Gasteiger charge is 2.42. The molecule has 0 amide bonds. The second-order valence-corrected chi connectivity index (χ2v) is 8.00. The SMILES string of the molecule is CC(C)(N)Cc1c(F)cc(S(=O)(=O)NOC(=O)C(F)(F)F)cc1Br. The number of carbonyl (C=O) groups excluding carboxylic acids is 1. The first-order valence-corrected chi connectivity index (χ1v) is 8.48. The van der Waals surface area contributed by atoms with Gasteiger partial charge >= 0.3 is 12.1 Å². The van der Waals surface area contributed by atoms with E-state index in [4.69, 9.17) is 5.73 Å². The minimum Gasteiger partial charge on any atom is -0.348 e. The Bertz CT molecular complexity index is 721. The molecule has 6 nitrogen and oxygen atoms in total. The highest BCUT2D eigenvalue weighted by molar-refractivity contribution is 9.10. The van der Waals surface area contributed by atoms with Crippen LogP contribution in [0.3, 0.4) is 0 Å². The van der Waals surface area contributed by atoms with Crippen LogP contribution in [0.2, 0.25) is 0 Å². The zero-order valence-electron chi connectivity index (χ0n) is 12.4. The summed E-state index contributed by atoms with van der Waals surface area (Å²) in [5, 5.41) is 0. The van der Waals surface area contributed by atoms with Crippen molar-refractivity contribution in [3.63, 3.8) is 0 Å². The summed E-state index contributed by atoms with van der Waals surface area (Å²) < 4.78 is 73.7. The number of rotatable bonds is 5. The van der Waals surface area contributed by atoms with Crippen LogP contribution in [0, 0.1) is 5.82 Å². The summed E-state index contributed by atoms with van der Waals surface area (Å²) in [6.45, 7) is 3.25. The van der Waals surface area contributed by atoms with Crippen molar-refractivity contribution in [1.82, 2.24) is 4.89 Å². The first kappa shape index (κ1) is 20.8. The van der Waals surface area contributed by atoms with Crippen molar-refractivity contribution in [2.45, 2.75) is 36.9 Å². The van der Waals surface area contributed by atoms with E-state index in [0.717, 1.165) is 11.0 Å². The van der Waals surface area contributed by atoms with Crippen LogP contribution in [0.25, 0.3) is 0 Å². The van der Waals surface area contributed by atoms with Gasteiger partial charge in [0.1, 0.15) is 5.82 Å². The van der Waals surface area contributed by atoms with Crippen LogP contribution >= 0.6 is 15.9 Å². The Kier molecular flexibility index (Phi) is 6.02. The van der Waals surface area contributed by atoms with E-state index in [-0.39, 0.29) is 16.5 Å². The number of sulfonamides is 1. The summed E-state index contributed by atoms with van der Waals surface area (Å²) in [5.74, 6) is -3.70. The van der Waals surface area contributed by atoms with Crippen LogP contribution in [0.5, 0.6) is 0 Å². The molecule has 0 saturated heterocycles. The Labute approximate surface area is 143 Å². The Balaban J connectivity index is 3.08. The van der Waals surface area contributed by atoms with E-state index < -0.39 is 38.4 Å². The number of nitrogens with one attached hydrogen (secondary N) is 1. The minimum atomic E-state index is -5.38. The fourth-order valence-corrected chi connectivity index (χ4v) is 3.10. The Hall–Kier alpha value is -1.24. The normalized spacial score (nSPS) is 13.0. The van der Waals surface area contributed by atoms with Gasteiger partial charge in [0.25, 0.3) is 10.0 Å². The van der Waals surface area contributed by atoms with Crippen LogP contribution in [0.4, 0.5) is 17.6 Å². The van der Waals surface area contributed by atoms with Crippen molar-refractivity contribution >= 4 is 31.9 Å². The lowest BCUT2D eigenvalue weighted by Gasteiger charge is -2.20. The molecule has 0 spiro atoms. The molecule has 0 bridgehead atoms. The van der Waals surface area contributed by atoms with Crippen molar-refractivity contribution in [1.29, 1.82) is 0 Å². The van der Waals surface area contributed by atoms with Crippen molar-refractivity contribution in [2.75, 3.05) is 0 Å². The zero-order chi connectivity index (χ0) is 18.9. The molecule has 3 N–H and O–H groups in total. The highest BCUT2D eigenvalue weighted by atomic mass is 79.9. The van der Waals surface area contributed by atoms with E-state index in [1.807, 2.05) is 0 Å². The summed E-state index contributed by atoms with van der Waals surface area (Å²) in [6.07, 6.45) is -5.32.